The van der Waals surface area contributed by atoms with Gasteiger partial charge in [-0.1, -0.05) is 40.5 Å². The summed E-state index contributed by atoms with van der Waals surface area (Å²) in [6, 6.07) is 2.39. The average Bonchev–Trinajstić information content (AvgIpc) is 2.98. The van der Waals surface area contributed by atoms with Crippen molar-refractivity contribution in [3.05, 3.63) is 65.5 Å². The molecule has 0 aliphatic carbocycles. The Morgan fingerprint density at radius 3 is 2.15 bits per heavy atom. The third-order valence-electron chi connectivity index (χ3n) is 7.29. The molecule has 2 aromatic rings. The van der Waals surface area contributed by atoms with Crippen LogP contribution in [-0.2, 0) is 25.8 Å². The Bertz CT molecular complexity index is 1370. The molecule has 0 radical (unpaired) electrons. The van der Waals surface area contributed by atoms with Crippen LogP contribution in [0.4, 0.5) is 8.78 Å². The van der Waals surface area contributed by atoms with Gasteiger partial charge in [-0.3, -0.25) is 19.4 Å². The zero-order valence-corrected chi connectivity index (χ0v) is 27.5. The molecule has 0 aliphatic rings. The first-order chi connectivity index (χ1) is 21.7. The van der Waals surface area contributed by atoms with E-state index in [1.165, 1.54) is 24.5 Å². The molecule has 1 heterocycles. The average molecular weight is 669 g/mol. The second-order valence-electron chi connectivity index (χ2n) is 11.9. The molecule has 14 heteroatoms. The van der Waals surface area contributed by atoms with Crippen molar-refractivity contribution in [1.82, 2.24) is 20.9 Å². The van der Waals surface area contributed by atoms with Crippen LogP contribution in [0.15, 0.2) is 42.7 Å². The quantitative estimate of drug-likeness (QED) is 0.152. The lowest BCUT2D eigenvalue weighted by Gasteiger charge is -2.30. The largest absolute Gasteiger partial charge is 0.390 e. The second-order valence-corrected chi connectivity index (χ2v) is 14.2. The number of aromatic nitrogens is 1. The lowest BCUT2D eigenvalue weighted by molar-refractivity contribution is -0.127. The van der Waals surface area contributed by atoms with Crippen molar-refractivity contribution in [2.45, 2.75) is 95.8 Å². The second kappa shape index (κ2) is 18.6. The lowest BCUT2D eigenvalue weighted by atomic mass is 9.95. The van der Waals surface area contributed by atoms with Gasteiger partial charge in [0, 0.05) is 25.0 Å². The molecule has 4 atom stereocenters. The smallest absolute Gasteiger partial charge is 0.253 e. The molecule has 0 saturated heterocycles. The number of hydrogen-bond donors (Lipinski definition) is 5. The third kappa shape index (κ3) is 12.7. The van der Waals surface area contributed by atoms with Crippen LogP contribution < -0.4 is 16.0 Å². The summed E-state index contributed by atoms with van der Waals surface area (Å²) >= 11 is 0. The normalized spacial score (nSPS) is 14.4. The number of sulfone groups is 1. The van der Waals surface area contributed by atoms with E-state index in [1.807, 2.05) is 27.7 Å². The highest BCUT2D eigenvalue weighted by molar-refractivity contribution is 7.92. The Morgan fingerprint density at radius 1 is 0.978 bits per heavy atom. The summed E-state index contributed by atoms with van der Waals surface area (Å²) in [7, 11) is -3.95. The standard InChI is InChI=1S/C32H46F2N4O7S/c1-5-8-25(9-6-2)46(44,45)19-27(38-31(42)22-10-7-11-35-18-22)32(43)37-26(14-21-12-23(33)15-24(34)13-21)30(41)28(39)16-29(40)36-17-20(3)4/h7,10-13,15,18,20,25-28,30,39,41H,5-6,8-9,14,16-17,19H2,1-4H3,(H,36,40)(H,37,43)(H,38,42)/t26-,27?,28+,30+/m0/s1. The van der Waals surface area contributed by atoms with Crippen molar-refractivity contribution in [2.75, 3.05) is 12.3 Å². The maximum Gasteiger partial charge on any atom is 0.253 e. The van der Waals surface area contributed by atoms with Gasteiger partial charge in [-0.25, -0.2) is 17.2 Å². The van der Waals surface area contributed by atoms with E-state index >= 15 is 0 Å². The fourth-order valence-corrected chi connectivity index (χ4v) is 7.09. The number of carbonyl (C=O) groups is 3. The molecular formula is C32H46F2N4O7S. The summed E-state index contributed by atoms with van der Waals surface area (Å²) in [5.74, 6) is -4.88. The number of halogens is 2. The van der Waals surface area contributed by atoms with Gasteiger partial charge in [0.2, 0.25) is 11.8 Å². The monoisotopic (exact) mass is 668 g/mol. The molecule has 1 aromatic heterocycles. The minimum atomic E-state index is -3.95. The van der Waals surface area contributed by atoms with Crippen molar-refractivity contribution in [3.63, 3.8) is 0 Å². The van der Waals surface area contributed by atoms with Crippen LogP contribution >= 0.6 is 0 Å². The van der Waals surface area contributed by atoms with Crippen molar-refractivity contribution < 1.29 is 41.8 Å². The number of hydrogen-bond acceptors (Lipinski definition) is 8. The van der Waals surface area contributed by atoms with Crippen LogP contribution in [0, 0.1) is 17.6 Å². The summed E-state index contributed by atoms with van der Waals surface area (Å²) in [5.41, 5.74) is 0.0684. The number of pyridine rings is 1. The van der Waals surface area contributed by atoms with E-state index in [2.05, 4.69) is 20.9 Å². The summed E-state index contributed by atoms with van der Waals surface area (Å²) in [6.45, 7) is 7.72. The number of aliphatic hydroxyl groups excluding tert-OH is 2. The van der Waals surface area contributed by atoms with Crippen molar-refractivity contribution in [1.29, 1.82) is 0 Å². The number of rotatable bonds is 19. The predicted molar refractivity (Wildman–Crippen MR) is 169 cm³/mol. The molecule has 0 saturated carbocycles. The Labute approximate surface area is 269 Å². The first kappa shape index (κ1) is 38.7. The molecule has 0 spiro atoms. The fourth-order valence-electron chi connectivity index (χ4n) is 4.93. The molecule has 11 nitrogen and oxygen atoms in total. The van der Waals surface area contributed by atoms with Crippen molar-refractivity contribution >= 4 is 27.6 Å². The number of nitrogens with zero attached hydrogens (tertiary/aromatic N) is 1. The molecule has 256 valence electrons. The Morgan fingerprint density at radius 2 is 1.61 bits per heavy atom. The molecule has 1 aromatic carbocycles. The fraction of sp³-hybridized carbons (Fsp3) is 0.562. The van der Waals surface area contributed by atoms with Gasteiger partial charge in [0.15, 0.2) is 9.84 Å². The molecule has 0 bridgehead atoms. The van der Waals surface area contributed by atoms with E-state index in [-0.39, 0.29) is 17.0 Å². The van der Waals surface area contributed by atoms with Crippen LogP contribution in [0.3, 0.4) is 0 Å². The minimum Gasteiger partial charge on any atom is -0.390 e. The molecule has 0 fully saturated rings. The Balaban J connectivity index is 2.43. The van der Waals surface area contributed by atoms with Gasteiger partial charge < -0.3 is 26.2 Å². The molecule has 0 aliphatic heterocycles. The van der Waals surface area contributed by atoms with E-state index in [0.717, 1.165) is 12.1 Å². The molecular weight excluding hydrogens is 622 g/mol. The van der Waals surface area contributed by atoms with Crippen molar-refractivity contribution in [3.8, 4) is 0 Å². The summed E-state index contributed by atoms with van der Waals surface area (Å²) in [6.07, 6.45) is -0.00589. The van der Waals surface area contributed by atoms with Gasteiger partial charge in [-0.2, -0.15) is 0 Å². The maximum atomic E-state index is 14.0. The first-order valence-electron chi connectivity index (χ1n) is 15.5. The van der Waals surface area contributed by atoms with Gasteiger partial charge >= 0.3 is 0 Å². The number of nitrogens with one attached hydrogen (secondary N) is 3. The highest BCUT2D eigenvalue weighted by atomic mass is 32.2. The predicted octanol–water partition coefficient (Wildman–Crippen LogP) is 2.45. The van der Waals surface area contributed by atoms with E-state index < -0.39 is 87.3 Å². The lowest BCUT2D eigenvalue weighted by Crippen LogP contribution is -2.57. The maximum absolute atomic E-state index is 14.0. The topological polar surface area (TPSA) is 175 Å². The molecule has 5 N–H and O–H groups in total. The van der Waals surface area contributed by atoms with E-state index in [1.54, 1.807) is 0 Å². The van der Waals surface area contributed by atoms with Crippen LogP contribution in [0.1, 0.15) is 75.7 Å². The highest BCUT2D eigenvalue weighted by Gasteiger charge is 2.36. The summed E-state index contributed by atoms with van der Waals surface area (Å²) in [5, 5.41) is 28.6. The molecule has 46 heavy (non-hydrogen) atoms. The first-order valence-corrected chi connectivity index (χ1v) is 17.2. The van der Waals surface area contributed by atoms with Crippen LogP contribution in [-0.4, -0.2) is 83.2 Å². The number of carbonyl (C=O) groups excluding carboxylic acids is 3. The zero-order chi connectivity index (χ0) is 34.4. The summed E-state index contributed by atoms with van der Waals surface area (Å²) < 4.78 is 55.1. The van der Waals surface area contributed by atoms with Gasteiger partial charge in [0.25, 0.3) is 5.91 Å². The third-order valence-corrected chi connectivity index (χ3v) is 9.57. The zero-order valence-electron chi connectivity index (χ0n) is 26.7. The Kier molecular flexibility index (Phi) is 15.6. The van der Waals surface area contributed by atoms with Crippen molar-refractivity contribution in [2.24, 2.45) is 5.92 Å². The Hall–Kier alpha value is -3.49. The van der Waals surface area contributed by atoms with E-state index in [4.69, 9.17) is 0 Å². The van der Waals surface area contributed by atoms with Crippen LogP contribution in [0.5, 0.6) is 0 Å². The molecule has 1 unspecified atom stereocenters. The number of benzene rings is 1. The van der Waals surface area contributed by atoms with Crippen LogP contribution in [0.25, 0.3) is 0 Å². The van der Waals surface area contributed by atoms with E-state index in [9.17, 15) is 41.8 Å². The number of amides is 3. The van der Waals surface area contributed by atoms with Gasteiger partial charge in [-0.05, 0) is 55.0 Å². The number of aliphatic hydroxyl groups is 2. The minimum absolute atomic E-state index is 0.00725. The molecule has 3 amide bonds. The van der Waals surface area contributed by atoms with Crippen LogP contribution in [0.2, 0.25) is 0 Å². The van der Waals surface area contributed by atoms with Gasteiger partial charge in [0.1, 0.15) is 23.8 Å². The van der Waals surface area contributed by atoms with Gasteiger partial charge in [0.05, 0.1) is 35.1 Å². The highest BCUT2D eigenvalue weighted by Crippen LogP contribution is 2.18. The van der Waals surface area contributed by atoms with E-state index in [0.29, 0.717) is 38.3 Å². The summed E-state index contributed by atoms with van der Waals surface area (Å²) in [4.78, 5) is 43.0. The van der Waals surface area contributed by atoms with Gasteiger partial charge in [-0.15, -0.1) is 0 Å². The molecule has 2 rings (SSSR count). The SMILES string of the molecule is CCCC(CCC)S(=O)(=O)CC(NC(=O)c1cccnc1)C(=O)N[C@@H](Cc1cc(F)cc(F)c1)[C@@H](O)[C@H](O)CC(=O)NCC(C)C.